The molecule has 0 aliphatic carbocycles. The van der Waals surface area contributed by atoms with Crippen molar-refractivity contribution < 1.29 is 9.31 Å². The van der Waals surface area contributed by atoms with Crippen LogP contribution in [0.2, 0.25) is 0 Å². The lowest BCUT2D eigenvalue weighted by Gasteiger charge is -2.20. The molecule has 0 aromatic heterocycles. The lowest BCUT2D eigenvalue weighted by molar-refractivity contribution is -0.386. The molecule has 0 fully saturated rings. The maximum Gasteiger partial charge on any atom is 0.327 e. The summed E-state index contributed by atoms with van der Waals surface area (Å²) in [4.78, 5) is 11.9. The molecular formula is C12H17FN2O2. The minimum atomic E-state index is -0.788. The lowest BCUT2D eigenvalue weighted by atomic mass is 10.1. The van der Waals surface area contributed by atoms with Crippen LogP contribution in [0.5, 0.6) is 0 Å². The molecule has 0 atom stereocenters. The van der Waals surface area contributed by atoms with E-state index in [1.54, 1.807) is 18.0 Å². The Hall–Kier alpha value is -1.65. The molecule has 0 bridgehead atoms. The van der Waals surface area contributed by atoms with Crippen molar-refractivity contribution >= 4 is 11.4 Å². The van der Waals surface area contributed by atoms with Crippen LogP contribution < -0.4 is 4.90 Å². The molecule has 17 heavy (non-hydrogen) atoms. The second-order valence-electron chi connectivity index (χ2n) is 4.47. The van der Waals surface area contributed by atoms with Gasteiger partial charge in [0, 0.05) is 13.6 Å². The molecule has 0 saturated heterocycles. The van der Waals surface area contributed by atoms with Gasteiger partial charge in [0.15, 0.2) is 0 Å². The average Bonchev–Trinajstić information content (AvgIpc) is 2.24. The van der Waals surface area contributed by atoms with Gasteiger partial charge < -0.3 is 4.90 Å². The van der Waals surface area contributed by atoms with Gasteiger partial charge in [-0.15, -0.1) is 0 Å². The number of hydrogen-bond donors (Lipinski definition) is 0. The molecule has 1 aromatic rings. The first-order chi connectivity index (χ1) is 7.93. The zero-order chi connectivity index (χ0) is 13.0. The highest BCUT2D eigenvalue weighted by atomic mass is 19.1. The summed E-state index contributed by atoms with van der Waals surface area (Å²) in [6.07, 6.45) is 0.907. The predicted molar refractivity (Wildman–Crippen MR) is 65.8 cm³/mol. The summed E-state index contributed by atoms with van der Waals surface area (Å²) >= 11 is 0. The first-order valence-electron chi connectivity index (χ1n) is 5.57. The number of benzene rings is 1. The van der Waals surface area contributed by atoms with E-state index >= 15 is 0 Å². The fourth-order valence-corrected chi connectivity index (χ4v) is 1.57. The summed E-state index contributed by atoms with van der Waals surface area (Å²) in [5.41, 5.74) is -0.116. The smallest absolute Gasteiger partial charge is 0.327 e. The molecule has 0 N–H and O–H groups in total. The van der Waals surface area contributed by atoms with Crippen LogP contribution >= 0.6 is 0 Å². The monoisotopic (exact) mass is 240 g/mol. The summed E-state index contributed by atoms with van der Waals surface area (Å²) in [6.45, 7) is 4.82. The van der Waals surface area contributed by atoms with Gasteiger partial charge in [-0.25, -0.2) is 0 Å². The Morgan fingerprint density at radius 1 is 1.47 bits per heavy atom. The molecule has 0 amide bonds. The lowest BCUT2D eigenvalue weighted by Crippen LogP contribution is -2.21. The topological polar surface area (TPSA) is 46.4 Å². The molecular weight excluding hydrogens is 223 g/mol. The van der Waals surface area contributed by atoms with Gasteiger partial charge >= 0.3 is 5.69 Å². The largest absolute Gasteiger partial charge is 0.369 e. The van der Waals surface area contributed by atoms with E-state index in [2.05, 4.69) is 13.8 Å². The molecule has 0 heterocycles. The van der Waals surface area contributed by atoms with Crippen molar-refractivity contribution in [1.29, 1.82) is 0 Å². The Kier molecular flexibility index (Phi) is 4.43. The molecule has 0 saturated carbocycles. The minimum Gasteiger partial charge on any atom is -0.369 e. The second kappa shape index (κ2) is 5.61. The van der Waals surface area contributed by atoms with Gasteiger partial charge in [0.05, 0.1) is 4.92 Å². The fourth-order valence-electron chi connectivity index (χ4n) is 1.57. The van der Waals surface area contributed by atoms with Gasteiger partial charge in [-0.2, -0.15) is 4.39 Å². The number of para-hydroxylation sites is 1. The van der Waals surface area contributed by atoms with E-state index in [9.17, 15) is 14.5 Å². The average molecular weight is 240 g/mol. The van der Waals surface area contributed by atoms with Crippen LogP contribution in [0.1, 0.15) is 20.3 Å². The number of anilines is 1. The molecule has 0 unspecified atom stereocenters. The van der Waals surface area contributed by atoms with Crippen molar-refractivity contribution in [3.05, 3.63) is 34.1 Å². The third kappa shape index (κ3) is 3.41. The molecule has 0 spiro atoms. The van der Waals surface area contributed by atoms with Crippen molar-refractivity contribution in [2.75, 3.05) is 18.5 Å². The second-order valence-corrected chi connectivity index (χ2v) is 4.47. The van der Waals surface area contributed by atoms with Crippen molar-refractivity contribution in [2.24, 2.45) is 5.92 Å². The Bertz CT molecular complexity index is 407. The number of nitrogens with zero attached hydrogens (tertiary/aromatic N) is 2. The zero-order valence-electron chi connectivity index (χ0n) is 10.3. The highest BCUT2D eigenvalue weighted by molar-refractivity contribution is 5.63. The highest BCUT2D eigenvalue weighted by Crippen LogP contribution is 2.30. The first-order valence-corrected chi connectivity index (χ1v) is 5.57. The quantitative estimate of drug-likeness (QED) is 0.586. The SMILES string of the molecule is CC(C)CCN(C)c1cccc(F)c1[N+](=O)[O-]. The van der Waals surface area contributed by atoms with Gasteiger partial charge in [0.25, 0.3) is 0 Å². The Morgan fingerprint density at radius 3 is 2.65 bits per heavy atom. The number of halogens is 1. The van der Waals surface area contributed by atoms with Crippen LogP contribution in [-0.2, 0) is 0 Å². The Labute approximate surface area is 100 Å². The van der Waals surface area contributed by atoms with Gasteiger partial charge in [0.1, 0.15) is 5.69 Å². The van der Waals surface area contributed by atoms with Crippen LogP contribution in [0, 0.1) is 21.8 Å². The van der Waals surface area contributed by atoms with Gasteiger partial charge in [0.2, 0.25) is 5.82 Å². The van der Waals surface area contributed by atoms with E-state index in [1.807, 2.05) is 0 Å². The number of nitro benzene ring substituents is 1. The first kappa shape index (κ1) is 13.4. The third-order valence-corrected chi connectivity index (χ3v) is 2.60. The molecule has 5 heteroatoms. The standard InChI is InChI=1S/C12H17FN2O2/c1-9(2)7-8-14(3)11-6-4-5-10(13)12(11)15(16)17/h4-6,9H,7-8H2,1-3H3. The normalized spacial score (nSPS) is 10.6. The number of hydrogen-bond acceptors (Lipinski definition) is 3. The Morgan fingerprint density at radius 2 is 2.12 bits per heavy atom. The van der Waals surface area contributed by atoms with Crippen molar-refractivity contribution in [1.82, 2.24) is 0 Å². The number of nitro groups is 1. The van der Waals surface area contributed by atoms with Crippen LogP contribution in [0.3, 0.4) is 0 Å². The van der Waals surface area contributed by atoms with Crippen molar-refractivity contribution in [3.63, 3.8) is 0 Å². The molecule has 4 nitrogen and oxygen atoms in total. The molecule has 0 aliphatic heterocycles. The molecule has 0 radical (unpaired) electrons. The summed E-state index contributed by atoms with van der Waals surface area (Å²) in [6, 6.07) is 4.17. The molecule has 0 aliphatic rings. The molecule has 1 rings (SSSR count). The summed E-state index contributed by atoms with van der Waals surface area (Å²) in [7, 11) is 1.74. The van der Waals surface area contributed by atoms with E-state index in [1.165, 1.54) is 6.07 Å². The van der Waals surface area contributed by atoms with Crippen LogP contribution in [-0.4, -0.2) is 18.5 Å². The minimum absolute atomic E-state index is 0.329. The predicted octanol–water partition coefficient (Wildman–Crippen LogP) is 3.22. The van der Waals surface area contributed by atoms with Crippen LogP contribution in [0.25, 0.3) is 0 Å². The Balaban J connectivity index is 2.96. The van der Waals surface area contributed by atoms with E-state index in [0.717, 1.165) is 12.5 Å². The maximum absolute atomic E-state index is 13.4. The van der Waals surface area contributed by atoms with E-state index in [4.69, 9.17) is 0 Å². The zero-order valence-corrected chi connectivity index (χ0v) is 10.3. The van der Waals surface area contributed by atoms with E-state index in [0.29, 0.717) is 18.2 Å². The summed E-state index contributed by atoms with van der Waals surface area (Å²) in [5, 5.41) is 10.8. The molecule has 94 valence electrons. The van der Waals surface area contributed by atoms with Gasteiger partial charge in [-0.05, 0) is 24.5 Å². The highest BCUT2D eigenvalue weighted by Gasteiger charge is 2.22. The number of rotatable bonds is 5. The fraction of sp³-hybridized carbons (Fsp3) is 0.500. The van der Waals surface area contributed by atoms with Crippen LogP contribution in [0.4, 0.5) is 15.8 Å². The third-order valence-electron chi connectivity index (χ3n) is 2.60. The van der Waals surface area contributed by atoms with Crippen molar-refractivity contribution in [2.45, 2.75) is 20.3 Å². The maximum atomic E-state index is 13.4. The van der Waals surface area contributed by atoms with Crippen molar-refractivity contribution in [3.8, 4) is 0 Å². The summed E-state index contributed by atoms with van der Waals surface area (Å²) < 4.78 is 13.4. The van der Waals surface area contributed by atoms with E-state index in [-0.39, 0.29) is 0 Å². The van der Waals surface area contributed by atoms with Crippen LogP contribution in [0.15, 0.2) is 18.2 Å². The van der Waals surface area contributed by atoms with Gasteiger partial charge in [-0.1, -0.05) is 19.9 Å². The molecule has 1 aromatic carbocycles. The summed E-state index contributed by atoms with van der Waals surface area (Å²) in [5.74, 6) is -0.283. The van der Waals surface area contributed by atoms with E-state index < -0.39 is 16.4 Å². The van der Waals surface area contributed by atoms with Gasteiger partial charge in [-0.3, -0.25) is 10.1 Å².